The molecule has 0 aliphatic carbocycles. The van der Waals surface area contributed by atoms with Gasteiger partial charge in [0.05, 0.1) is 13.0 Å². The Labute approximate surface area is 184 Å². The van der Waals surface area contributed by atoms with E-state index in [1.54, 1.807) is 7.11 Å². The molecule has 1 N–H and O–H groups in total. The zero-order valence-corrected chi connectivity index (χ0v) is 18.0. The van der Waals surface area contributed by atoms with Crippen molar-refractivity contribution in [1.82, 2.24) is 10.2 Å². The van der Waals surface area contributed by atoms with Gasteiger partial charge in [-0.05, 0) is 41.7 Å². The molecule has 1 fully saturated rings. The zero-order valence-electron chi connectivity index (χ0n) is 18.0. The minimum absolute atomic E-state index is 0.0867. The van der Waals surface area contributed by atoms with E-state index >= 15 is 0 Å². The Morgan fingerprint density at radius 2 is 1.55 bits per heavy atom. The lowest BCUT2D eigenvalue weighted by atomic mass is 9.90. The Kier molecular flexibility index (Phi) is 7.00. The molecule has 0 bridgehead atoms. The molecular weight excluding hydrogens is 384 g/mol. The first-order valence-corrected chi connectivity index (χ1v) is 11.0. The lowest BCUT2D eigenvalue weighted by Gasteiger charge is -2.33. The lowest BCUT2D eigenvalue weighted by molar-refractivity contribution is -0.122. The van der Waals surface area contributed by atoms with Gasteiger partial charge in [-0.1, -0.05) is 72.8 Å². The van der Waals surface area contributed by atoms with E-state index < -0.39 is 0 Å². The van der Waals surface area contributed by atoms with Gasteiger partial charge in [0.1, 0.15) is 5.75 Å². The number of carbonyl (C=O) groups excluding carboxylic acids is 1. The first-order chi connectivity index (χ1) is 15.2. The maximum absolute atomic E-state index is 13.3. The summed E-state index contributed by atoms with van der Waals surface area (Å²) in [5.74, 6) is 0.702. The highest BCUT2D eigenvalue weighted by Crippen LogP contribution is 2.26. The van der Waals surface area contributed by atoms with Crippen LogP contribution in [0.1, 0.15) is 35.4 Å². The molecule has 1 amide bonds. The maximum Gasteiger partial charge on any atom is 0.232 e. The van der Waals surface area contributed by atoms with E-state index in [0.717, 1.165) is 49.4 Å². The third-order valence-electron chi connectivity index (χ3n) is 6.00. The number of hydrogen-bond donors (Lipinski definition) is 1. The molecule has 31 heavy (non-hydrogen) atoms. The highest BCUT2D eigenvalue weighted by molar-refractivity contribution is 5.87. The van der Waals surface area contributed by atoms with Crippen LogP contribution in [0.15, 0.2) is 84.9 Å². The van der Waals surface area contributed by atoms with Gasteiger partial charge in [-0.25, -0.2) is 0 Å². The average molecular weight is 415 g/mol. The summed E-state index contributed by atoms with van der Waals surface area (Å²) in [6.45, 7) is 2.86. The minimum Gasteiger partial charge on any atom is -0.497 e. The molecule has 4 heteroatoms. The molecule has 0 aromatic heterocycles. The SMILES string of the molecule is COc1cccc(CN2CCC(NC(=O)C(c3ccccc3)c3ccccc3)CC2)c1. The van der Waals surface area contributed by atoms with E-state index in [0.29, 0.717) is 0 Å². The summed E-state index contributed by atoms with van der Waals surface area (Å²) in [7, 11) is 1.70. The largest absolute Gasteiger partial charge is 0.497 e. The molecule has 0 spiro atoms. The van der Waals surface area contributed by atoms with Crippen molar-refractivity contribution in [3.63, 3.8) is 0 Å². The third kappa shape index (κ3) is 5.53. The van der Waals surface area contributed by atoms with Crippen LogP contribution in [0.4, 0.5) is 0 Å². The fourth-order valence-electron chi connectivity index (χ4n) is 4.34. The van der Waals surface area contributed by atoms with Gasteiger partial charge < -0.3 is 10.1 Å². The Morgan fingerprint density at radius 1 is 0.935 bits per heavy atom. The van der Waals surface area contributed by atoms with E-state index in [2.05, 4.69) is 22.3 Å². The zero-order chi connectivity index (χ0) is 21.5. The predicted octanol–water partition coefficient (Wildman–Crippen LogP) is 4.61. The highest BCUT2D eigenvalue weighted by atomic mass is 16.5. The van der Waals surface area contributed by atoms with Crippen LogP contribution in [0.5, 0.6) is 5.75 Å². The van der Waals surface area contributed by atoms with Gasteiger partial charge in [-0.15, -0.1) is 0 Å². The van der Waals surface area contributed by atoms with Gasteiger partial charge in [-0.3, -0.25) is 9.69 Å². The normalized spacial score (nSPS) is 15.0. The molecule has 4 rings (SSSR count). The highest BCUT2D eigenvalue weighted by Gasteiger charge is 2.27. The number of nitrogens with one attached hydrogen (secondary N) is 1. The van der Waals surface area contributed by atoms with E-state index in [-0.39, 0.29) is 17.9 Å². The monoisotopic (exact) mass is 414 g/mol. The lowest BCUT2D eigenvalue weighted by Crippen LogP contribution is -2.45. The molecule has 1 heterocycles. The Hall–Kier alpha value is -3.11. The van der Waals surface area contributed by atoms with Gasteiger partial charge in [-0.2, -0.15) is 0 Å². The van der Waals surface area contributed by atoms with E-state index in [4.69, 9.17) is 4.74 Å². The molecule has 3 aromatic carbocycles. The second-order valence-corrected chi connectivity index (χ2v) is 8.16. The van der Waals surface area contributed by atoms with Crippen LogP contribution in [0, 0.1) is 0 Å². The maximum atomic E-state index is 13.3. The first kappa shape index (κ1) is 21.1. The van der Waals surface area contributed by atoms with E-state index in [1.807, 2.05) is 72.8 Å². The van der Waals surface area contributed by atoms with Crippen LogP contribution in [-0.2, 0) is 11.3 Å². The molecular formula is C27H30N2O2. The predicted molar refractivity (Wildman–Crippen MR) is 124 cm³/mol. The van der Waals surface area contributed by atoms with Crippen molar-refractivity contribution < 1.29 is 9.53 Å². The number of hydrogen-bond acceptors (Lipinski definition) is 3. The summed E-state index contributed by atoms with van der Waals surface area (Å²) in [5.41, 5.74) is 3.32. The number of nitrogens with zero attached hydrogens (tertiary/aromatic N) is 1. The number of rotatable bonds is 7. The van der Waals surface area contributed by atoms with Crippen molar-refractivity contribution in [2.45, 2.75) is 31.3 Å². The van der Waals surface area contributed by atoms with E-state index in [9.17, 15) is 4.79 Å². The molecule has 3 aromatic rings. The molecule has 0 saturated carbocycles. The summed E-state index contributed by atoms with van der Waals surface area (Å²) in [5, 5.41) is 3.33. The minimum atomic E-state index is -0.280. The van der Waals surface area contributed by atoms with Crippen molar-refractivity contribution in [3.05, 3.63) is 102 Å². The summed E-state index contributed by atoms with van der Waals surface area (Å²) in [4.78, 5) is 15.8. The second kappa shape index (κ2) is 10.3. The summed E-state index contributed by atoms with van der Waals surface area (Å²) in [6.07, 6.45) is 1.93. The molecule has 0 radical (unpaired) electrons. The van der Waals surface area contributed by atoms with E-state index in [1.165, 1.54) is 5.56 Å². The standard InChI is InChI=1S/C27H30N2O2/c1-31-25-14-8-9-21(19-25)20-29-17-15-24(16-18-29)28-27(30)26(22-10-4-2-5-11-22)23-12-6-3-7-13-23/h2-14,19,24,26H,15-18,20H2,1H3,(H,28,30). The topological polar surface area (TPSA) is 41.6 Å². The van der Waals surface area contributed by atoms with Crippen molar-refractivity contribution in [3.8, 4) is 5.75 Å². The molecule has 1 saturated heterocycles. The molecule has 1 aliphatic heterocycles. The molecule has 1 aliphatic rings. The number of likely N-dealkylation sites (tertiary alicyclic amines) is 1. The number of carbonyl (C=O) groups is 1. The van der Waals surface area contributed by atoms with Crippen molar-refractivity contribution in [1.29, 1.82) is 0 Å². The van der Waals surface area contributed by atoms with Gasteiger partial charge in [0.2, 0.25) is 5.91 Å². The molecule has 0 unspecified atom stereocenters. The van der Waals surface area contributed by atoms with Crippen molar-refractivity contribution >= 4 is 5.91 Å². The fraction of sp³-hybridized carbons (Fsp3) is 0.296. The number of benzene rings is 3. The Bertz CT molecular complexity index is 927. The number of amides is 1. The van der Waals surface area contributed by atoms with Crippen molar-refractivity contribution in [2.24, 2.45) is 0 Å². The van der Waals surface area contributed by atoms with Crippen LogP contribution in [0.25, 0.3) is 0 Å². The Morgan fingerprint density at radius 3 is 2.13 bits per heavy atom. The first-order valence-electron chi connectivity index (χ1n) is 11.0. The van der Waals surface area contributed by atoms with Gasteiger partial charge >= 0.3 is 0 Å². The smallest absolute Gasteiger partial charge is 0.232 e. The van der Waals surface area contributed by atoms with Crippen LogP contribution >= 0.6 is 0 Å². The fourth-order valence-corrected chi connectivity index (χ4v) is 4.34. The van der Waals surface area contributed by atoms with Crippen LogP contribution in [0.3, 0.4) is 0 Å². The number of ether oxygens (including phenoxy) is 1. The van der Waals surface area contributed by atoms with Crippen LogP contribution < -0.4 is 10.1 Å². The summed E-state index contributed by atoms with van der Waals surface area (Å²) < 4.78 is 5.33. The van der Waals surface area contributed by atoms with Gasteiger partial charge in [0.15, 0.2) is 0 Å². The summed E-state index contributed by atoms with van der Waals surface area (Å²) >= 11 is 0. The van der Waals surface area contributed by atoms with Gasteiger partial charge in [0, 0.05) is 25.7 Å². The summed E-state index contributed by atoms with van der Waals surface area (Å²) in [6, 6.07) is 28.6. The number of methoxy groups -OCH3 is 1. The molecule has 160 valence electrons. The molecule has 4 nitrogen and oxygen atoms in total. The van der Waals surface area contributed by atoms with Crippen molar-refractivity contribution in [2.75, 3.05) is 20.2 Å². The quantitative estimate of drug-likeness (QED) is 0.614. The molecule has 0 atom stereocenters. The van der Waals surface area contributed by atoms with Gasteiger partial charge in [0.25, 0.3) is 0 Å². The average Bonchev–Trinajstić information content (AvgIpc) is 2.82. The van der Waals surface area contributed by atoms with Crippen LogP contribution in [0.2, 0.25) is 0 Å². The van der Waals surface area contributed by atoms with Crippen LogP contribution in [-0.4, -0.2) is 37.0 Å². The Balaban J connectivity index is 1.37. The second-order valence-electron chi connectivity index (χ2n) is 8.16. The third-order valence-corrected chi connectivity index (χ3v) is 6.00. The number of piperidine rings is 1.